The molecule has 1 saturated heterocycles. The van der Waals surface area contributed by atoms with Gasteiger partial charge in [-0.1, -0.05) is 26.0 Å². The Morgan fingerprint density at radius 1 is 1.00 bits per heavy atom. The molecule has 1 aliphatic heterocycles. The van der Waals surface area contributed by atoms with Crippen molar-refractivity contribution in [3.8, 4) is 0 Å². The van der Waals surface area contributed by atoms with Crippen LogP contribution in [-0.2, 0) is 0 Å². The Labute approximate surface area is 123 Å². The van der Waals surface area contributed by atoms with Gasteiger partial charge in [-0.2, -0.15) is 0 Å². The van der Waals surface area contributed by atoms with Crippen molar-refractivity contribution >= 4 is 12.0 Å². The van der Waals surface area contributed by atoms with Crippen LogP contribution in [0.15, 0.2) is 36.4 Å². The average molecular weight is 276 g/mol. The minimum absolute atomic E-state index is 0.740. The lowest BCUT2D eigenvalue weighted by Crippen LogP contribution is -2.43. The number of nitrogens with zero attached hydrogens (tertiary/aromatic N) is 1. The summed E-state index contributed by atoms with van der Waals surface area (Å²) >= 11 is 0. The number of nitrogens with one attached hydrogen (secondary N) is 1. The zero-order valence-electron chi connectivity index (χ0n) is 13.2. The lowest BCUT2D eigenvalue weighted by atomic mass is 10.2. The van der Waals surface area contributed by atoms with Gasteiger partial charge in [0.15, 0.2) is 0 Å². The van der Waals surface area contributed by atoms with Gasteiger partial charge in [-0.15, -0.1) is 0 Å². The van der Waals surface area contributed by atoms with E-state index in [-0.39, 0.29) is 0 Å². The summed E-state index contributed by atoms with van der Waals surface area (Å²) < 4.78 is 0. The maximum atomic E-state index is 10.5. The highest BCUT2D eigenvalue weighted by atomic mass is 16.1. The summed E-state index contributed by atoms with van der Waals surface area (Å²) in [5.41, 5.74) is 1.95. The van der Waals surface area contributed by atoms with Crippen LogP contribution in [0.5, 0.6) is 0 Å². The number of piperazine rings is 1. The third kappa shape index (κ3) is 7.10. The van der Waals surface area contributed by atoms with Gasteiger partial charge < -0.3 is 10.2 Å². The van der Waals surface area contributed by atoms with Gasteiger partial charge in [0.2, 0.25) is 0 Å². The fraction of sp³-hybridized carbons (Fsp3) is 0.471. The molecule has 0 spiro atoms. The van der Waals surface area contributed by atoms with Crippen molar-refractivity contribution in [3.05, 3.63) is 42.0 Å². The fourth-order valence-corrected chi connectivity index (χ4v) is 1.69. The molecule has 1 aromatic rings. The quantitative estimate of drug-likeness (QED) is 0.662. The van der Waals surface area contributed by atoms with Crippen molar-refractivity contribution in [1.29, 1.82) is 0 Å². The molecule has 1 aliphatic rings. The van der Waals surface area contributed by atoms with Gasteiger partial charge in [-0.25, -0.2) is 0 Å². The molecule has 0 aromatic heterocycles. The maximum absolute atomic E-state index is 10.5. The van der Waals surface area contributed by atoms with E-state index in [1.807, 2.05) is 64.1 Å². The van der Waals surface area contributed by atoms with E-state index in [4.69, 9.17) is 0 Å². The molecule has 20 heavy (non-hydrogen) atoms. The molecule has 2 rings (SSSR count). The zero-order valence-corrected chi connectivity index (χ0v) is 13.2. The number of anilines is 1. The third-order valence-electron chi connectivity index (χ3n) is 2.84. The van der Waals surface area contributed by atoms with Crippen LogP contribution in [0.1, 0.15) is 38.1 Å². The molecule has 0 radical (unpaired) electrons. The van der Waals surface area contributed by atoms with Crippen LogP contribution in [-0.4, -0.2) is 32.5 Å². The van der Waals surface area contributed by atoms with Crippen molar-refractivity contribution in [2.24, 2.45) is 0 Å². The molecule has 1 aromatic carbocycles. The number of hydrogen-bond donors (Lipinski definition) is 1. The van der Waals surface area contributed by atoms with Gasteiger partial charge in [-0.05, 0) is 38.1 Å². The number of allylic oxidation sites excluding steroid dienone is 2. The predicted octanol–water partition coefficient (Wildman–Crippen LogP) is 3.52. The summed E-state index contributed by atoms with van der Waals surface area (Å²) in [6.45, 7) is 12.2. The highest BCUT2D eigenvalue weighted by Gasteiger charge is 2.09. The van der Waals surface area contributed by atoms with Crippen LogP contribution < -0.4 is 10.2 Å². The van der Waals surface area contributed by atoms with Crippen LogP contribution in [0.2, 0.25) is 0 Å². The molecule has 1 N–H and O–H groups in total. The average Bonchev–Trinajstić information content (AvgIpc) is 2.58. The van der Waals surface area contributed by atoms with Gasteiger partial charge in [0.05, 0.1) is 0 Å². The van der Waals surface area contributed by atoms with E-state index in [1.165, 1.54) is 5.69 Å². The molecule has 0 aliphatic carbocycles. The number of carbonyl (C=O) groups excluding carboxylic acids is 1. The van der Waals surface area contributed by atoms with Gasteiger partial charge in [0, 0.05) is 37.4 Å². The van der Waals surface area contributed by atoms with E-state index in [1.54, 1.807) is 0 Å². The molecule has 3 heteroatoms. The maximum Gasteiger partial charge on any atom is 0.150 e. The van der Waals surface area contributed by atoms with E-state index in [0.717, 1.165) is 38.0 Å². The molecule has 0 atom stereocenters. The Balaban J connectivity index is 0.000000521. The monoisotopic (exact) mass is 276 g/mol. The number of hydrogen-bond acceptors (Lipinski definition) is 3. The summed E-state index contributed by atoms with van der Waals surface area (Å²) in [5.74, 6) is 0. The standard InChI is InChI=1S/C11H14N2O.C4H8.C2H6/c14-9-10-1-3-11(4-2-10)13-7-5-12-6-8-13;1-3-4-2;1-2/h1-4,9,12H,5-8H2;3-4H,1-2H3;1-2H3/b;4-3-;. The molecular weight excluding hydrogens is 248 g/mol. The minimum Gasteiger partial charge on any atom is -0.369 e. The van der Waals surface area contributed by atoms with E-state index in [2.05, 4.69) is 10.2 Å². The molecule has 0 bridgehead atoms. The Kier molecular flexibility index (Phi) is 11.4. The Hall–Kier alpha value is -1.61. The first-order chi connectivity index (χ1) is 9.81. The van der Waals surface area contributed by atoms with Crippen LogP contribution in [0, 0.1) is 0 Å². The minimum atomic E-state index is 0.740. The largest absolute Gasteiger partial charge is 0.369 e. The number of aldehydes is 1. The fourth-order valence-electron chi connectivity index (χ4n) is 1.69. The smallest absolute Gasteiger partial charge is 0.150 e. The van der Waals surface area contributed by atoms with Crippen LogP contribution in [0.3, 0.4) is 0 Å². The molecule has 0 saturated carbocycles. The summed E-state index contributed by atoms with van der Waals surface area (Å²) in [6.07, 6.45) is 4.88. The van der Waals surface area contributed by atoms with E-state index < -0.39 is 0 Å². The Morgan fingerprint density at radius 2 is 1.50 bits per heavy atom. The highest BCUT2D eigenvalue weighted by molar-refractivity contribution is 5.75. The summed E-state index contributed by atoms with van der Waals surface area (Å²) in [6, 6.07) is 7.75. The lowest BCUT2D eigenvalue weighted by molar-refractivity contribution is 0.112. The van der Waals surface area contributed by atoms with E-state index >= 15 is 0 Å². The van der Waals surface area contributed by atoms with Crippen LogP contribution in [0.25, 0.3) is 0 Å². The van der Waals surface area contributed by atoms with Gasteiger partial charge in [-0.3, -0.25) is 4.79 Å². The summed E-state index contributed by atoms with van der Waals surface area (Å²) in [7, 11) is 0. The SMILES string of the molecule is C/C=C\C.CC.O=Cc1ccc(N2CCNCC2)cc1. The van der Waals surface area contributed by atoms with Gasteiger partial charge >= 0.3 is 0 Å². The number of carbonyl (C=O) groups is 1. The topological polar surface area (TPSA) is 32.3 Å². The van der Waals surface area contributed by atoms with Crippen molar-refractivity contribution in [3.63, 3.8) is 0 Å². The number of rotatable bonds is 2. The summed E-state index contributed by atoms with van der Waals surface area (Å²) in [5, 5.41) is 3.31. The van der Waals surface area contributed by atoms with Gasteiger partial charge in [0.1, 0.15) is 6.29 Å². The normalized spacial score (nSPS) is 13.9. The van der Waals surface area contributed by atoms with E-state index in [9.17, 15) is 4.79 Å². The first kappa shape index (κ1) is 18.4. The second kappa shape index (κ2) is 12.4. The predicted molar refractivity (Wildman–Crippen MR) is 88.7 cm³/mol. The second-order valence-electron chi connectivity index (χ2n) is 4.11. The van der Waals surface area contributed by atoms with Crippen LogP contribution >= 0.6 is 0 Å². The molecule has 0 amide bonds. The third-order valence-corrected chi connectivity index (χ3v) is 2.84. The first-order valence-corrected chi connectivity index (χ1v) is 7.40. The summed E-state index contributed by atoms with van der Waals surface area (Å²) in [4.78, 5) is 12.8. The lowest BCUT2D eigenvalue weighted by Gasteiger charge is -2.29. The molecule has 3 nitrogen and oxygen atoms in total. The molecule has 0 unspecified atom stereocenters. The molecular formula is C17H28N2O. The van der Waals surface area contributed by atoms with Gasteiger partial charge in [0.25, 0.3) is 0 Å². The van der Waals surface area contributed by atoms with Crippen molar-refractivity contribution in [1.82, 2.24) is 5.32 Å². The molecule has 1 heterocycles. The van der Waals surface area contributed by atoms with Crippen LogP contribution in [0.4, 0.5) is 5.69 Å². The Morgan fingerprint density at radius 3 is 1.90 bits per heavy atom. The zero-order chi connectivity index (χ0) is 15.2. The molecule has 112 valence electrons. The van der Waals surface area contributed by atoms with Crippen molar-refractivity contribution < 1.29 is 4.79 Å². The highest BCUT2D eigenvalue weighted by Crippen LogP contribution is 2.14. The van der Waals surface area contributed by atoms with E-state index in [0.29, 0.717) is 0 Å². The molecule has 1 fully saturated rings. The Bertz CT molecular complexity index is 361. The van der Waals surface area contributed by atoms with Crippen molar-refractivity contribution in [2.45, 2.75) is 27.7 Å². The number of benzene rings is 1. The second-order valence-corrected chi connectivity index (χ2v) is 4.11. The van der Waals surface area contributed by atoms with Crippen molar-refractivity contribution in [2.75, 3.05) is 31.1 Å². The first-order valence-electron chi connectivity index (χ1n) is 7.40.